The van der Waals surface area contributed by atoms with Crippen LogP contribution >= 0.6 is 0 Å². The van der Waals surface area contributed by atoms with E-state index in [0.29, 0.717) is 32.1 Å². The summed E-state index contributed by atoms with van der Waals surface area (Å²) in [6.45, 7) is 5.46. The summed E-state index contributed by atoms with van der Waals surface area (Å²) in [6, 6.07) is 0.417. The summed E-state index contributed by atoms with van der Waals surface area (Å²) in [5.74, 6) is -1.03. The number of aromatic nitrogens is 1. The van der Waals surface area contributed by atoms with Crippen molar-refractivity contribution >= 4 is 5.91 Å². The second-order valence-corrected chi connectivity index (χ2v) is 6.91. The Balaban J connectivity index is 2.41. The SMILES string of the molecule is C=C(/C=C\C(=C/C)C(F)(F)F)[C@H](NC(=O)C1CCOCC1)c1ncccc1C(F)(F)F. The Morgan fingerprint density at radius 2 is 1.87 bits per heavy atom. The molecule has 1 fully saturated rings. The Labute approximate surface area is 175 Å². The van der Waals surface area contributed by atoms with E-state index in [-0.39, 0.29) is 5.57 Å². The molecule has 1 aliphatic heterocycles. The number of amides is 1. The van der Waals surface area contributed by atoms with Crippen molar-refractivity contribution in [2.45, 2.75) is 38.2 Å². The molecule has 1 saturated heterocycles. The van der Waals surface area contributed by atoms with Crippen LogP contribution in [0.4, 0.5) is 26.3 Å². The fourth-order valence-corrected chi connectivity index (χ4v) is 3.09. The lowest BCUT2D eigenvalue weighted by atomic mass is 9.95. The summed E-state index contributed by atoms with van der Waals surface area (Å²) in [6.07, 6.45) is -5.09. The van der Waals surface area contributed by atoms with Crippen molar-refractivity contribution in [3.8, 4) is 0 Å². The minimum absolute atomic E-state index is 0.173. The third-order valence-corrected chi connectivity index (χ3v) is 4.78. The number of alkyl halides is 6. The molecule has 1 N–H and O–H groups in total. The normalized spacial score (nSPS) is 17.6. The van der Waals surface area contributed by atoms with Crippen LogP contribution in [0.25, 0.3) is 0 Å². The van der Waals surface area contributed by atoms with Crippen LogP contribution < -0.4 is 5.32 Å². The van der Waals surface area contributed by atoms with E-state index in [4.69, 9.17) is 4.74 Å². The Hall–Kier alpha value is -2.62. The van der Waals surface area contributed by atoms with Gasteiger partial charge in [0.2, 0.25) is 5.91 Å². The molecule has 1 aromatic heterocycles. The Bertz CT molecular complexity index is 852. The molecule has 0 radical (unpaired) electrons. The van der Waals surface area contributed by atoms with E-state index in [0.717, 1.165) is 30.5 Å². The van der Waals surface area contributed by atoms with Crippen molar-refractivity contribution in [1.29, 1.82) is 0 Å². The van der Waals surface area contributed by atoms with Crippen LogP contribution in [-0.2, 0) is 15.7 Å². The molecule has 4 nitrogen and oxygen atoms in total. The number of rotatable bonds is 6. The standard InChI is InChI=1S/C21H22F6N2O2/c1-3-15(20(22,23)24)7-6-13(2)17(29-19(30)14-8-11-31-12-9-14)18-16(21(25,26)27)5-4-10-28-18/h3-7,10,14,17H,2,8-9,11-12H2,1H3,(H,29,30)/b7-6-,15-3+/t17-/m0/s1. The molecule has 0 spiro atoms. The number of nitrogens with one attached hydrogen (secondary N) is 1. The van der Waals surface area contributed by atoms with E-state index in [1.54, 1.807) is 0 Å². The lowest BCUT2D eigenvalue weighted by Crippen LogP contribution is -2.38. The highest BCUT2D eigenvalue weighted by atomic mass is 19.4. The fraction of sp³-hybridized carbons (Fsp3) is 0.429. The first-order valence-corrected chi connectivity index (χ1v) is 9.45. The Morgan fingerprint density at radius 3 is 2.42 bits per heavy atom. The highest BCUT2D eigenvalue weighted by Gasteiger charge is 2.38. The minimum atomic E-state index is -4.78. The number of hydrogen-bond donors (Lipinski definition) is 1. The zero-order chi connectivity index (χ0) is 23.2. The molecule has 0 aliphatic carbocycles. The maximum Gasteiger partial charge on any atom is 0.418 e. The number of nitrogens with zero attached hydrogens (tertiary/aromatic N) is 1. The number of allylic oxidation sites excluding steroid dienone is 3. The molecule has 31 heavy (non-hydrogen) atoms. The summed E-state index contributed by atoms with van der Waals surface area (Å²) in [5, 5.41) is 2.49. The fourth-order valence-electron chi connectivity index (χ4n) is 3.09. The van der Waals surface area contributed by atoms with Crippen molar-refractivity contribution in [3.63, 3.8) is 0 Å². The molecule has 1 aliphatic rings. The van der Waals surface area contributed by atoms with Gasteiger partial charge in [0.1, 0.15) is 0 Å². The number of hydrogen-bond acceptors (Lipinski definition) is 3. The van der Waals surface area contributed by atoms with Gasteiger partial charge in [-0.3, -0.25) is 9.78 Å². The number of carbonyl (C=O) groups excluding carboxylic acids is 1. The lowest BCUT2D eigenvalue weighted by Gasteiger charge is -2.26. The van der Waals surface area contributed by atoms with Crippen molar-refractivity contribution in [2.24, 2.45) is 5.92 Å². The predicted octanol–water partition coefficient (Wildman–Crippen LogP) is 5.31. The number of halogens is 6. The quantitative estimate of drug-likeness (QED) is 0.474. The molecule has 0 unspecified atom stereocenters. The summed E-state index contributed by atoms with van der Waals surface area (Å²) >= 11 is 0. The van der Waals surface area contributed by atoms with Gasteiger partial charge in [-0.15, -0.1) is 0 Å². The third kappa shape index (κ3) is 6.68. The molecule has 170 valence electrons. The molecular formula is C21H22F6N2O2. The topological polar surface area (TPSA) is 51.2 Å². The number of ether oxygens (including phenoxy) is 1. The summed E-state index contributed by atoms with van der Waals surface area (Å²) in [4.78, 5) is 16.4. The van der Waals surface area contributed by atoms with Crippen LogP contribution in [0.2, 0.25) is 0 Å². The van der Waals surface area contributed by atoms with E-state index >= 15 is 0 Å². The van der Waals surface area contributed by atoms with Gasteiger partial charge in [0.25, 0.3) is 0 Å². The highest BCUT2D eigenvalue weighted by Crippen LogP contribution is 2.36. The second-order valence-electron chi connectivity index (χ2n) is 6.91. The average Bonchev–Trinajstić information content (AvgIpc) is 2.71. The maximum absolute atomic E-state index is 13.5. The van der Waals surface area contributed by atoms with Gasteiger partial charge in [-0.2, -0.15) is 26.3 Å². The third-order valence-electron chi connectivity index (χ3n) is 4.78. The van der Waals surface area contributed by atoms with Crippen LogP contribution in [0.5, 0.6) is 0 Å². The lowest BCUT2D eigenvalue weighted by molar-refractivity contribution is -0.139. The number of carbonyl (C=O) groups is 1. The Kier molecular flexibility index (Phi) is 8.05. The van der Waals surface area contributed by atoms with E-state index < -0.39 is 47.1 Å². The molecule has 0 aromatic carbocycles. The molecular weight excluding hydrogens is 426 g/mol. The molecule has 1 amide bonds. The average molecular weight is 448 g/mol. The molecule has 1 atom stereocenters. The van der Waals surface area contributed by atoms with Gasteiger partial charge in [0.05, 0.1) is 22.9 Å². The first-order chi connectivity index (χ1) is 14.4. The summed E-state index contributed by atoms with van der Waals surface area (Å²) in [5.41, 5.74) is -2.82. The summed E-state index contributed by atoms with van der Waals surface area (Å²) in [7, 11) is 0. The molecule has 1 aromatic rings. The van der Waals surface area contributed by atoms with E-state index in [9.17, 15) is 31.1 Å². The van der Waals surface area contributed by atoms with Crippen molar-refractivity contribution in [2.75, 3.05) is 13.2 Å². The van der Waals surface area contributed by atoms with Gasteiger partial charge < -0.3 is 10.1 Å². The van der Waals surface area contributed by atoms with Gasteiger partial charge in [-0.1, -0.05) is 24.8 Å². The predicted molar refractivity (Wildman–Crippen MR) is 102 cm³/mol. The van der Waals surface area contributed by atoms with E-state index in [2.05, 4.69) is 16.9 Å². The summed E-state index contributed by atoms with van der Waals surface area (Å²) < 4.78 is 84.6. The largest absolute Gasteiger partial charge is 0.418 e. The molecule has 2 heterocycles. The van der Waals surface area contributed by atoms with Gasteiger partial charge in [-0.05, 0) is 37.5 Å². The van der Waals surface area contributed by atoms with Crippen LogP contribution in [0.15, 0.2) is 54.3 Å². The zero-order valence-corrected chi connectivity index (χ0v) is 16.7. The van der Waals surface area contributed by atoms with Crippen LogP contribution in [0.1, 0.15) is 37.1 Å². The van der Waals surface area contributed by atoms with Gasteiger partial charge >= 0.3 is 12.4 Å². The van der Waals surface area contributed by atoms with Crippen LogP contribution in [-0.4, -0.2) is 30.3 Å². The van der Waals surface area contributed by atoms with Crippen molar-refractivity contribution in [1.82, 2.24) is 10.3 Å². The minimum Gasteiger partial charge on any atom is -0.381 e. The zero-order valence-electron chi connectivity index (χ0n) is 16.7. The van der Waals surface area contributed by atoms with Gasteiger partial charge in [0.15, 0.2) is 0 Å². The van der Waals surface area contributed by atoms with Gasteiger partial charge in [-0.25, -0.2) is 0 Å². The smallest absolute Gasteiger partial charge is 0.381 e. The second kappa shape index (κ2) is 10.1. The van der Waals surface area contributed by atoms with Crippen molar-refractivity contribution < 1.29 is 35.9 Å². The molecule has 2 rings (SSSR count). The highest BCUT2D eigenvalue weighted by molar-refractivity contribution is 5.79. The maximum atomic E-state index is 13.5. The monoisotopic (exact) mass is 448 g/mol. The first-order valence-electron chi connectivity index (χ1n) is 9.45. The van der Waals surface area contributed by atoms with Gasteiger partial charge in [0, 0.05) is 25.3 Å². The van der Waals surface area contributed by atoms with E-state index in [1.165, 1.54) is 6.92 Å². The van der Waals surface area contributed by atoms with Crippen molar-refractivity contribution in [3.05, 3.63) is 65.5 Å². The van der Waals surface area contributed by atoms with Crippen LogP contribution in [0, 0.1) is 5.92 Å². The van der Waals surface area contributed by atoms with E-state index in [1.807, 2.05) is 0 Å². The molecule has 0 bridgehead atoms. The Morgan fingerprint density at radius 1 is 1.23 bits per heavy atom. The van der Waals surface area contributed by atoms with Crippen LogP contribution in [0.3, 0.4) is 0 Å². The number of pyridine rings is 1. The molecule has 0 saturated carbocycles. The first kappa shape index (κ1) is 24.6. The molecule has 10 heteroatoms.